The molecule has 0 radical (unpaired) electrons. The van der Waals surface area contributed by atoms with Gasteiger partial charge in [-0.3, -0.25) is 0 Å². The third kappa shape index (κ3) is 4.77. The lowest BCUT2D eigenvalue weighted by Crippen LogP contribution is -2.61. The van der Waals surface area contributed by atoms with Crippen molar-refractivity contribution >= 4 is 0 Å². The molecule has 0 spiro atoms. The minimum absolute atomic E-state index is 0.113. The van der Waals surface area contributed by atoms with Crippen molar-refractivity contribution in [3.63, 3.8) is 0 Å². The smallest absolute Gasteiger partial charge is 0.229 e. The average Bonchev–Trinajstić information content (AvgIpc) is 2.74. The van der Waals surface area contributed by atoms with Gasteiger partial charge in [0, 0.05) is 6.07 Å². The molecule has 0 bridgehead atoms. The van der Waals surface area contributed by atoms with Crippen molar-refractivity contribution in [2.24, 2.45) is 0 Å². The predicted octanol–water partition coefficient (Wildman–Crippen LogP) is -2.96. The second-order valence-corrected chi connectivity index (χ2v) is 7.05. The molecule has 0 unspecified atom stereocenters. The van der Waals surface area contributed by atoms with E-state index in [1.165, 1.54) is 25.3 Å². The van der Waals surface area contributed by atoms with Crippen LogP contribution in [0.4, 0.5) is 0 Å². The van der Waals surface area contributed by atoms with E-state index in [2.05, 4.69) is 0 Å². The average molecular weight is 434 g/mol. The second kappa shape index (κ2) is 9.60. The summed E-state index contributed by atoms with van der Waals surface area (Å²) in [5.41, 5.74) is 0. The normalized spacial score (nSPS) is 39.5. The molecule has 2 saturated heterocycles. The van der Waals surface area contributed by atoms with E-state index in [1.54, 1.807) is 0 Å². The SMILES string of the molecule is COc1cc(O[C@@H]2O[C@@H](CO[C@@H]3OC[C@@H](O)[C@@H](O)[C@H]3O)[C@@H](O)[C@@H](O)[C@H]2O)ccc1O. The molecule has 0 aliphatic carbocycles. The number of benzene rings is 1. The molecule has 1 aromatic carbocycles. The fourth-order valence-corrected chi connectivity index (χ4v) is 3.13. The Kier molecular flexibility index (Phi) is 7.34. The summed E-state index contributed by atoms with van der Waals surface area (Å²) in [6, 6.07) is 4.03. The molecule has 2 fully saturated rings. The van der Waals surface area contributed by atoms with Gasteiger partial charge in [-0.1, -0.05) is 0 Å². The summed E-state index contributed by atoms with van der Waals surface area (Å²) in [4.78, 5) is 0. The maximum atomic E-state index is 10.2. The summed E-state index contributed by atoms with van der Waals surface area (Å²) in [5.74, 6) is 0.137. The Morgan fingerprint density at radius 2 is 1.63 bits per heavy atom. The highest BCUT2D eigenvalue weighted by Gasteiger charge is 2.46. The fraction of sp³-hybridized carbons (Fsp3) is 0.667. The lowest BCUT2D eigenvalue weighted by molar-refractivity contribution is -0.307. The summed E-state index contributed by atoms with van der Waals surface area (Å²) >= 11 is 0. The van der Waals surface area contributed by atoms with Crippen molar-refractivity contribution < 1.29 is 59.4 Å². The largest absolute Gasteiger partial charge is 0.504 e. The number of ether oxygens (including phenoxy) is 5. The summed E-state index contributed by atoms with van der Waals surface area (Å²) in [6.45, 7) is -0.666. The zero-order valence-electron chi connectivity index (χ0n) is 16.0. The monoisotopic (exact) mass is 434 g/mol. The Labute approximate surface area is 171 Å². The highest BCUT2D eigenvalue weighted by atomic mass is 16.7. The van der Waals surface area contributed by atoms with Crippen molar-refractivity contribution in [1.82, 2.24) is 0 Å². The van der Waals surface area contributed by atoms with Crippen molar-refractivity contribution in [3.05, 3.63) is 18.2 Å². The molecule has 12 heteroatoms. The standard InChI is InChI=1S/C18H26O12/c1-26-10-4-7(2-3-8(10)19)29-18-16(25)14(23)13(22)11(30-18)6-28-17-15(24)12(21)9(20)5-27-17/h2-4,9,11-25H,5-6H2,1H3/t9-,11+,12-,13-,14-,15-,16-,17+,18-/m1/s1. The van der Waals surface area contributed by atoms with Gasteiger partial charge < -0.3 is 59.4 Å². The number of aromatic hydroxyl groups is 1. The Morgan fingerprint density at radius 3 is 2.33 bits per heavy atom. The fourth-order valence-electron chi connectivity index (χ4n) is 3.13. The lowest BCUT2D eigenvalue weighted by Gasteiger charge is -2.41. The minimum atomic E-state index is -1.64. The van der Waals surface area contributed by atoms with Crippen LogP contribution in [0, 0.1) is 0 Å². The van der Waals surface area contributed by atoms with Crippen LogP contribution in [0.25, 0.3) is 0 Å². The molecule has 2 heterocycles. The molecule has 2 aliphatic rings. The number of phenols is 1. The molecule has 0 aromatic heterocycles. The molecule has 3 rings (SSSR count). The quantitative estimate of drug-likeness (QED) is 0.241. The number of hydrogen-bond acceptors (Lipinski definition) is 12. The zero-order valence-corrected chi connectivity index (χ0v) is 16.0. The van der Waals surface area contributed by atoms with Crippen LogP contribution in [0.5, 0.6) is 17.2 Å². The van der Waals surface area contributed by atoms with Crippen LogP contribution in [0.15, 0.2) is 18.2 Å². The molecular weight excluding hydrogens is 408 g/mol. The molecule has 0 saturated carbocycles. The highest BCUT2D eigenvalue weighted by molar-refractivity contribution is 5.44. The first-order chi connectivity index (χ1) is 14.2. The van der Waals surface area contributed by atoms with Crippen molar-refractivity contribution in [1.29, 1.82) is 0 Å². The van der Waals surface area contributed by atoms with E-state index in [1.807, 2.05) is 0 Å². The van der Waals surface area contributed by atoms with E-state index >= 15 is 0 Å². The molecule has 170 valence electrons. The van der Waals surface area contributed by atoms with E-state index in [4.69, 9.17) is 23.7 Å². The van der Waals surface area contributed by atoms with Gasteiger partial charge in [-0.15, -0.1) is 0 Å². The third-order valence-corrected chi connectivity index (χ3v) is 4.95. The van der Waals surface area contributed by atoms with Gasteiger partial charge in [-0.2, -0.15) is 0 Å². The number of phenolic OH excluding ortho intramolecular Hbond substituents is 1. The van der Waals surface area contributed by atoms with Crippen LogP contribution >= 0.6 is 0 Å². The van der Waals surface area contributed by atoms with Gasteiger partial charge in [-0.05, 0) is 12.1 Å². The summed E-state index contributed by atoms with van der Waals surface area (Å²) in [6.07, 6.45) is -13.0. The lowest BCUT2D eigenvalue weighted by atomic mass is 9.99. The van der Waals surface area contributed by atoms with Crippen molar-refractivity contribution in [2.45, 2.75) is 55.3 Å². The summed E-state index contributed by atoms with van der Waals surface area (Å²) in [7, 11) is 1.34. The van der Waals surface area contributed by atoms with E-state index in [9.17, 15) is 35.7 Å². The predicted molar refractivity (Wildman–Crippen MR) is 95.7 cm³/mol. The Morgan fingerprint density at radius 1 is 0.933 bits per heavy atom. The van der Waals surface area contributed by atoms with Crippen LogP contribution < -0.4 is 9.47 Å². The maximum absolute atomic E-state index is 10.2. The van der Waals surface area contributed by atoms with Crippen LogP contribution in [-0.2, 0) is 14.2 Å². The Hall–Kier alpha value is -1.74. The van der Waals surface area contributed by atoms with Gasteiger partial charge in [0.2, 0.25) is 6.29 Å². The molecular formula is C18H26O12. The number of methoxy groups -OCH3 is 1. The topological polar surface area (TPSA) is 188 Å². The van der Waals surface area contributed by atoms with Gasteiger partial charge in [0.05, 0.1) is 20.3 Å². The van der Waals surface area contributed by atoms with Crippen molar-refractivity contribution in [2.75, 3.05) is 20.3 Å². The van der Waals surface area contributed by atoms with Gasteiger partial charge in [-0.25, -0.2) is 0 Å². The molecule has 30 heavy (non-hydrogen) atoms. The molecule has 9 atom stereocenters. The third-order valence-electron chi connectivity index (χ3n) is 4.95. The summed E-state index contributed by atoms with van der Waals surface area (Å²) < 4.78 is 26.4. The highest BCUT2D eigenvalue weighted by Crippen LogP contribution is 2.32. The van der Waals surface area contributed by atoms with Gasteiger partial charge in [0.15, 0.2) is 17.8 Å². The van der Waals surface area contributed by atoms with Crippen LogP contribution in [0.2, 0.25) is 0 Å². The minimum Gasteiger partial charge on any atom is -0.504 e. The molecule has 1 aromatic rings. The number of aliphatic hydroxyl groups excluding tert-OH is 6. The Balaban J connectivity index is 1.64. The van der Waals surface area contributed by atoms with E-state index in [-0.39, 0.29) is 23.9 Å². The first-order valence-electron chi connectivity index (χ1n) is 9.23. The van der Waals surface area contributed by atoms with Gasteiger partial charge in [0.1, 0.15) is 48.5 Å². The van der Waals surface area contributed by atoms with Crippen molar-refractivity contribution in [3.8, 4) is 17.2 Å². The maximum Gasteiger partial charge on any atom is 0.229 e. The van der Waals surface area contributed by atoms with E-state index in [0.717, 1.165) is 0 Å². The van der Waals surface area contributed by atoms with Crippen LogP contribution in [0.3, 0.4) is 0 Å². The van der Waals surface area contributed by atoms with Gasteiger partial charge in [0.25, 0.3) is 0 Å². The van der Waals surface area contributed by atoms with E-state index < -0.39 is 61.9 Å². The number of hydrogen-bond donors (Lipinski definition) is 7. The zero-order chi connectivity index (χ0) is 22.0. The van der Waals surface area contributed by atoms with Gasteiger partial charge >= 0.3 is 0 Å². The Bertz CT molecular complexity index is 702. The molecule has 2 aliphatic heterocycles. The summed E-state index contributed by atoms with van der Waals surface area (Å²) in [5, 5.41) is 69.2. The molecule has 0 amide bonds. The molecule has 7 N–H and O–H groups in total. The second-order valence-electron chi connectivity index (χ2n) is 7.05. The van der Waals surface area contributed by atoms with Crippen LogP contribution in [-0.4, -0.2) is 111 Å². The van der Waals surface area contributed by atoms with E-state index in [0.29, 0.717) is 0 Å². The number of aliphatic hydroxyl groups is 6. The molecule has 12 nitrogen and oxygen atoms in total. The first kappa shape index (κ1) is 22.9. The number of rotatable bonds is 6. The first-order valence-corrected chi connectivity index (χ1v) is 9.23. The van der Waals surface area contributed by atoms with Crippen LogP contribution in [0.1, 0.15) is 0 Å².